The van der Waals surface area contributed by atoms with E-state index in [0.717, 1.165) is 16.7 Å². The minimum Gasteiger partial charge on any atom is -0.508 e. The highest BCUT2D eigenvalue weighted by molar-refractivity contribution is 5.85. The van der Waals surface area contributed by atoms with Gasteiger partial charge in [0.15, 0.2) is 0 Å². The minimum atomic E-state index is -0.674. The molecule has 10 heteroatoms. The van der Waals surface area contributed by atoms with Crippen molar-refractivity contribution in [3.63, 3.8) is 0 Å². The van der Waals surface area contributed by atoms with E-state index in [0.29, 0.717) is 26.1 Å². The fraction of sp³-hybridized carbons (Fsp3) is 0.481. The fourth-order valence-electron chi connectivity index (χ4n) is 3.80. The van der Waals surface area contributed by atoms with Gasteiger partial charge in [-0.2, -0.15) is 0 Å². The lowest BCUT2D eigenvalue weighted by atomic mass is 9.82. The molecule has 0 amide bonds. The van der Waals surface area contributed by atoms with E-state index >= 15 is 0 Å². The van der Waals surface area contributed by atoms with Gasteiger partial charge in [-0.15, -0.1) is 24.8 Å². The number of halogens is 2. The lowest BCUT2D eigenvalue weighted by Gasteiger charge is -2.38. The topological polar surface area (TPSA) is 131 Å². The number of fused-ring (bicyclic) bond motifs is 1. The molecular formula is C27H44Cl2N2O6. The molecule has 2 atom stereocenters. The van der Waals surface area contributed by atoms with Gasteiger partial charge in [0, 0.05) is 5.54 Å². The predicted molar refractivity (Wildman–Crippen MR) is 153 cm³/mol. The van der Waals surface area contributed by atoms with Gasteiger partial charge >= 0.3 is 11.9 Å². The van der Waals surface area contributed by atoms with Crippen molar-refractivity contribution in [1.29, 1.82) is 0 Å². The molecule has 1 aliphatic rings. The average molecular weight is 564 g/mol. The molecule has 0 fully saturated rings. The number of hydrogen-bond acceptors (Lipinski definition) is 8. The third-order valence-electron chi connectivity index (χ3n) is 5.25. The maximum absolute atomic E-state index is 11.8. The van der Waals surface area contributed by atoms with Crippen LogP contribution in [-0.2, 0) is 37.4 Å². The molecule has 2 unspecified atom stereocenters. The number of ether oxygens (including phenoxy) is 2. The summed E-state index contributed by atoms with van der Waals surface area (Å²) in [7, 11) is 0. The molecule has 212 valence electrons. The SMILES string of the molecule is C.C.CCOC(=O)C(N)Cc1cccc(O)c1.CCOC(=O)C1Cc2cc(O)ccc2C(C)(C)N1.Cl.Cl. The number of rotatable bonds is 6. The average Bonchev–Trinajstić information content (AvgIpc) is 2.73. The second kappa shape index (κ2) is 17.9. The first-order chi connectivity index (χ1) is 15.6. The largest absolute Gasteiger partial charge is 0.508 e. The summed E-state index contributed by atoms with van der Waals surface area (Å²) >= 11 is 0. The van der Waals surface area contributed by atoms with E-state index in [4.69, 9.17) is 15.2 Å². The van der Waals surface area contributed by atoms with Crippen LogP contribution in [0.5, 0.6) is 11.5 Å². The van der Waals surface area contributed by atoms with E-state index in [1.54, 1.807) is 50.2 Å². The van der Waals surface area contributed by atoms with Crippen LogP contribution in [0.15, 0.2) is 42.5 Å². The van der Waals surface area contributed by atoms with Gasteiger partial charge in [-0.3, -0.25) is 14.9 Å². The summed E-state index contributed by atoms with van der Waals surface area (Å²) in [6.45, 7) is 8.28. The normalized spacial score (nSPS) is 15.2. The van der Waals surface area contributed by atoms with Gasteiger partial charge in [0.25, 0.3) is 0 Å². The van der Waals surface area contributed by atoms with Crippen LogP contribution in [0.3, 0.4) is 0 Å². The Morgan fingerprint density at radius 2 is 1.62 bits per heavy atom. The standard InChI is InChI=1S/C14H19NO3.C11H15NO3.2CH4.2ClH/c1-4-18-13(17)12-8-9-7-10(16)5-6-11(9)14(2,3)15-12;1-2-15-11(14)10(12)7-8-4-3-5-9(13)6-8;;;;/h5-7,12,15-16H,4,8H2,1-3H3;3-6,10,13H,2,7,12H2,1H3;2*1H4;2*1H. The van der Waals surface area contributed by atoms with Crippen molar-refractivity contribution in [2.24, 2.45) is 5.73 Å². The zero-order valence-corrected chi connectivity index (χ0v) is 22.1. The molecule has 2 aromatic carbocycles. The first kappa shape index (κ1) is 39.0. The monoisotopic (exact) mass is 562 g/mol. The van der Waals surface area contributed by atoms with Crippen LogP contribution >= 0.6 is 24.8 Å². The number of phenols is 2. The zero-order chi connectivity index (χ0) is 24.6. The quantitative estimate of drug-likeness (QED) is 0.374. The van der Waals surface area contributed by atoms with Gasteiger partial charge in [-0.05, 0) is 81.5 Å². The highest BCUT2D eigenvalue weighted by Crippen LogP contribution is 2.32. The van der Waals surface area contributed by atoms with Crippen molar-refractivity contribution in [2.75, 3.05) is 13.2 Å². The molecule has 1 heterocycles. The number of hydrogen-bond donors (Lipinski definition) is 4. The second-order valence-electron chi connectivity index (χ2n) is 8.35. The maximum atomic E-state index is 11.8. The zero-order valence-electron chi connectivity index (χ0n) is 20.4. The van der Waals surface area contributed by atoms with Crippen molar-refractivity contribution in [3.05, 3.63) is 59.2 Å². The lowest BCUT2D eigenvalue weighted by molar-refractivity contribution is -0.146. The summed E-state index contributed by atoms with van der Waals surface area (Å²) in [5.74, 6) is -0.252. The number of nitrogens with one attached hydrogen (secondary N) is 1. The summed E-state index contributed by atoms with van der Waals surface area (Å²) in [5, 5.41) is 22.1. The lowest BCUT2D eigenvalue weighted by Crippen LogP contribution is -2.53. The van der Waals surface area contributed by atoms with Crippen molar-refractivity contribution in [2.45, 2.75) is 73.0 Å². The van der Waals surface area contributed by atoms with Crippen LogP contribution in [-0.4, -0.2) is 47.4 Å². The molecule has 5 N–H and O–H groups in total. The molecule has 0 radical (unpaired) electrons. The molecular weight excluding hydrogens is 519 g/mol. The van der Waals surface area contributed by atoms with E-state index in [1.165, 1.54) is 0 Å². The molecule has 0 bridgehead atoms. The van der Waals surface area contributed by atoms with Crippen LogP contribution < -0.4 is 11.1 Å². The molecule has 0 aromatic heterocycles. The van der Waals surface area contributed by atoms with Crippen LogP contribution in [0.25, 0.3) is 0 Å². The van der Waals surface area contributed by atoms with E-state index in [1.807, 2.05) is 19.9 Å². The maximum Gasteiger partial charge on any atom is 0.323 e. The van der Waals surface area contributed by atoms with Crippen LogP contribution in [0.2, 0.25) is 0 Å². The van der Waals surface area contributed by atoms with E-state index in [2.05, 4.69) is 5.32 Å². The molecule has 0 saturated carbocycles. The highest BCUT2D eigenvalue weighted by Gasteiger charge is 2.36. The molecule has 0 aliphatic carbocycles. The third kappa shape index (κ3) is 11.6. The number of carbonyl (C=O) groups is 2. The van der Waals surface area contributed by atoms with Gasteiger partial charge < -0.3 is 25.4 Å². The molecule has 0 spiro atoms. The highest BCUT2D eigenvalue weighted by atomic mass is 35.5. The van der Waals surface area contributed by atoms with Crippen LogP contribution in [0.4, 0.5) is 0 Å². The number of nitrogens with two attached hydrogens (primary N) is 1. The first-order valence-electron chi connectivity index (χ1n) is 11.0. The Hall–Kier alpha value is -2.52. The summed E-state index contributed by atoms with van der Waals surface area (Å²) in [4.78, 5) is 23.1. The Balaban J connectivity index is -0.000000572. The Labute approximate surface area is 233 Å². The Bertz CT molecular complexity index is 972. The van der Waals surface area contributed by atoms with Crippen molar-refractivity contribution >= 4 is 36.8 Å². The van der Waals surface area contributed by atoms with Gasteiger partial charge in [-0.1, -0.05) is 33.1 Å². The molecule has 2 aromatic rings. The summed E-state index contributed by atoms with van der Waals surface area (Å²) in [6.07, 6.45) is 0.916. The molecule has 37 heavy (non-hydrogen) atoms. The molecule has 1 aliphatic heterocycles. The van der Waals surface area contributed by atoms with Crippen LogP contribution in [0.1, 0.15) is 59.2 Å². The number of carbonyl (C=O) groups excluding carboxylic acids is 2. The van der Waals surface area contributed by atoms with Crippen molar-refractivity contribution in [1.82, 2.24) is 5.32 Å². The number of benzene rings is 2. The molecule has 0 saturated heterocycles. The van der Waals surface area contributed by atoms with Crippen LogP contribution in [0, 0.1) is 0 Å². The minimum absolute atomic E-state index is 0. The van der Waals surface area contributed by atoms with Gasteiger partial charge in [0.2, 0.25) is 0 Å². The fourth-order valence-corrected chi connectivity index (χ4v) is 3.80. The van der Waals surface area contributed by atoms with Gasteiger partial charge in [0.05, 0.1) is 13.2 Å². The first-order valence-corrected chi connectivity index (χ1v) is 11.0. The molecule has 3 rings (SSSR count). The molecule has 8 nitrogen and oxygen atoms in total. The summed E-state index contributed by atoms with van der Waals surface area (Å²) in [5.41, 5.74) is 8.25. The van der Waals surface area contributed by atoms with E-state index in [9.17, 15) is 19.8 Å². The summed E-state index contributed by atoms with van der Waals surface area (Å²) < 4.78 is 9.84. The third-order valence-corrected chi connectivity index (χ3v) is 5.25. The predicted octanol–water partition coefficient (Wildman–Crippen LogP) is 4.65. The number of aromatic hydroxyl groups is 2. The smallest absolute Gasteiger partial charge is 0.323 e. The number of esters is 2. The summed E-state index contributed by atoms with van der Waals surface area (Å²) in [6, 6.07) is 10.9. The Morgan fingerprint density at radius 1 is 1.03 bits per heavy atom. The second-order valence-corrected chi connectivity index (χ2v) is 8.35. The van der Waals surface area contributed by atoms with E-state index < -0.39 is 12.0 Å². The van der Waals surface area contributed by atoms with Crippen molar-refractivity contribution in [3.8, 4) is 11.5 Å². The van der Waals surface area contributed by atoms with Gasteiger partial charge in [0.1, 0.15) is 23.6 Å². The van der Waals surface area contributed by atoms with E-state index in [-0.39, 0.29) is 68.7 Å². The Morgan fingerprint density at radius 3 is 2.19 bits per heavy atom. The van der Waals surface area contributed by atoms with Crippen molar-refractivity contribution < 1.29 is 29.3 Å². The number of phenolic OH excluding ortho intramolecular Hbond substituents is 2. The Kier molecular flexibility index (Phi) is 18.8. The van der Waals surface area contributed by atoms with Gasteiger partial charge in [-0.25, -0.2) is 0 Å².